The highest BCUT2D eigenvalue weighted by atomic mass is 31.2. The summed E-state index contributed by atoms with van der Waals surface area (Å²) in [5.74, 6) is 0. The van der Waals surface area contributed by atoms with Crippen molar-refractivity contribution in [2.75, 3.05) is 0 Å². The zero-order chi connectivity index (χ0) is 11.4. The van der Waals surface area contributed by atoms with Crippen LogP contribution in [-0.2, 0) is 6.16 Å². The molecule has 0 saturated carbocycles. The minimum absolute atomic E-state index is 0.275. The van der Waals surface area contributed by atoms with Gasteiger partial charge >= 0.3 is 0 Å². The van der Waals surface area contributed by atoms with E-state index >= 15 is 0 Å². The standard InChI is InChI=1S/C12H12NO2P/c14-16(15)9-10-6-7-12(13-8-10)11-4-2-1-3-5-11/h1-8,14-15H,9H2. The Morgan fingerprint density at radius 3 is 2.31 bits per heavy atom. The normalized spacial score (nSPS) is 10.7. The third-order valence-electron chi connectivity index (χ3n) is 2.22. The van der Waals surface area contributed by atoms with Gasteiger partial charge < -0.3 is 9.79 Å². The molecule has 0 bridgehead atoms. The lowest BCUT2D eigenvalue weighted by Gasteiger charge is -2.04. The first kappa shape index (κ1) is 11.2. The molecule has 16 heavy (non-hydrogen) atoms. The molecule has 0 atom stereocenters. The highest BCUT2D eigenvalue weighted by Gasteiger charge is 2.03. The summed E-state index contributed by atoms with van der Waals surface area (Å²) in [4.78, 5) is 22.1. The Labute approximate surface area is 95.3 Å². The van der Waals surface area contributed by atoms with Gasteiger partial charge in [0, 0.05) is 17.9 Å². The van der Waals surface area contributed by atoms with E-state index in [1.165, 1.54) is 0 Å². The van der Waals surface area contributed by atoms with Crippen LogP contribution in [0.1, 0.15) is 5.56 Å². The van der Waals surface area contributed by atoms with Crippen LogP contribution in [0.3, 0.4) is 0 Å². The van der Waals surface area contributed by atoms with E-state index in [2.05, 4.69) is 4.98 Å². The van der Waals surface area contributed by atoms with Gasteiger partial charge in [0.05, 0.1) is 5.69 Å². The molecule has 0 aliphatic rings. The van der Waals surface area contributed by atoms with Gasteiger partial charge in [0.2, 0.25) is 0 Å². The fraction of sp³-hybridized carbons (Fsp3) is 0.0833. The molecule has 0 amide bonds. The number of aromatic nitrogens is 1. The molecule has 1 aromatic heterocycles. The smallest absolute Gasteiger partial charge is 0.169 e. The van der Waals surface area contributed by atoms with Crippen molar-refractivity contribution < 1.29 is 9.79 Å². The summed E-state index contributed by atoms with van der Waals surface area (Å²) in [6.07, 6.45) is 1.96. The van der Waals surface area contributed by atoms with Crippen LogP contribution in [-0.4, -0.2) is 14.8 Å². The van der Waals surface area contributed by atoms with Crippen LogP contribution in [0.25, 0.3) is 11.3 Å². The van der Waals surface area contributed by atoms with Gasteiger partial charge in [-0.3, -0.25) is 4.98 Å². The van der Waals surface area contributed by atoms with Crippen molar-refractivity contribution in [3.05, 3.63) is 54.2 Å². The Morgan fingerprint density at radius 1 is 1.00 bits per heavy atom. The molecule has 2 N–H and O–H groups in total. The Hall–Kier alpha value is -1.28. The zero-order valence-corrected chi connectivity index (χ0v) is 9.51. The number of rotatable bonds is 3. The van der Waals surface area contributed by atoms with Gasteiger partial charge in [0.25, 0.3) is 0 Å². The number of nitrogens with zero attached hydrogens (tertiary/aromatic N) is 1. The number of hydrogen-bond donors (Lipinski definition) is 2. The van der Waals surface area contributed by atoms with Gasteiger partial charge in [0.1, 0.15) is 0 Å². The lowest BCUT2D eigenvalue weighted by atomic mass is 10.1. The lowest BCUT2D eigenvalue weighted by molar-refractivity contribution is 0.481. The van der Waals surface area contributed by atoms with Crippen LogP contribution in [0, 0.1) is 0 Å². The maximum atomic E-state index is 8.88. The van der Waals surface area contributed by atoms with E-state index in [1.807, 2.05) is 42.5 Å². The van der Waals surface area contributed by atoms with Crippen molar-refractivity contribution >= 4 is 8.38 Å². The number of pyridine rings is 1. The minimum Gasteiger partial charge on any atom is -0.350 e. The van der Waals surface area contributed by atoms with E-state index in [9.17, 15) is 0 Å². The molecule has 0 fully saturated rings. The minimum atomic E-state index is -1.88. The first-order valence-electron chi connectivity index (χ1n) is 4.91. The summed E-state index contributed by atoms with van der Waals surface area (Å²) in [6.45, 7) is 0. The maximum Gasteiger partial charge on any atom is 0.169 e. The number of hydrogen-bond acceptors (Lipinski definition) is 3. The fourth-order valence-corrected chi connectivity index (χ4v) is 1.97. The average Bonchev–Trinajstić information content (AvgIpc) is 2.30. The Kier molecular flexibility index (Phi) is 3.62. The van der Waals surface area contributed by atoms with E-state index < -0.39 is 8.38 Å². The molecule has 2 rings (SSSR count). The molecule has 2 aromatic rings. The molecule has 0 radical (unpaired) electrons. The first-order valence-corrected chi connectivity index (χ1v) is 6.34. The van der Waals surface area contributed by atoms with Gasteiger partial charge in [0.15, 0.2) is 8.38 Å². The van der Waals surface area contributed by atoms with E-state index in [0.717, 1.165) is 16.8 Å². The van der Waals surface area contributed by atoms with E-state index in [0.29, 0.717) is 0 Å². The van der Waals surface area contributed by atoms with Crippen molar-refractivity contribution in [2.24, 2.45) is 0 Å². The van der Waals surface area contributed by atoms with Crippen LogP contribution in [0.4, 0.5) is 0 Å². The predicted molar refractivity (Wildman–Crippen MR) is 64.7 cm³/mol. The SMILES string of the molecule is OP(O)Cc1ccc(-c2ccccc2)nc1. The van der Waals surface area contributed by atoms with Gasteiger partial charge in [-0.1, -0.05) is 36.4 Å². The molecule has 0 saturated heterocycles. The van der Waals surface area contributed by atoms with Crippen LogP contribution < -0.4 is 0 Å². The van der Waals surface area contributed by atoms with E-state index in [4.69, 9.17) is 9.79 Å². The second-order valence-corrected chi connectivity index (χ2v) is 4.51. The van der Waals surface area contributed by atoms with Gasteiger partial charge in [-0.15, -0.1) is 0 Å². The van der Waals surface area contributed by atoms with Crippen LogP contribution in [0.2, 0.25) is 0 Å². The molecular formula is C12H12NO2P. The average molecular weight is 233 g/mol. The lowest BCUT2D eigenvalue weighted by Crippen LogP contribution is -1.87. The third-order valence-corrected chi connectivity index (χ3v) is 2.87. The molecule has 0 unspecified atom stereocenters. The second kappa shape index (κ2) is 5.17. The van der Waals surface area contributed by atoms with Crippen molar-refractivity contribution in [2.45, 2.75) is 6.16 Å². The van der Waals surface area contributed by atoms with Crippen LogP contribution in [0.15, 0.2) is 48.7 Å². The molecule has 82 valence electrons. The molecule has 0 spiro atoms. The van der Waals surface area contributed by atoms with Gasteiger partial charge in [-0.05, 0) is 11.6 Å². The number of benzene rings is 1. The molecule has 1 aromatic carbocycles. The molecule has 3 nitrogen and oxygen atoms in total. The van der Waals surface area contributed by atoms with Crippen LogP contribution in [0.5, 0.6) is 0 Å². The van der Waals surface area contributed by atoms with Gasteiger partial charge in [-0.25, -0.2) is 0 Å². The Balaban J connectivity index is 2.20. The highest BCUT2D eigenvalue weighted by molar-refractivity contribution is 7.44. The van der Waals surface area contributed by atoms with Crippen molar-refractivity contribution in [3.8, 4) is 11.3 Å². The molecular weight excluding hydrogens is 221 g/mol. The third kappa shape index (κ3) is 2.86. The fourth-order valence-electron chi connectivity index (χ4n) is 1.46. The Bertz CT molecular complexity index is 442. The summed E-state index contributed by atoms with van der Waals surface area (Å²) in [5, 5.41) is 0. The quantitative estimate of drug-likeness (QED) is 0.801. The summed E-state index contributed by atoms with van der Waals surface area (Å²) < 4.78 is 0. The summed E-state index contributed by atoms with van der Waals surface area (Å²) in [7, 11) is -1.88. The largest absolute Gasteiger partial charge is 0.350 e. The predicted octanol–water partition coefficient (Wildman–Crippen LogP) is 2.55. The highest BCUT2D eigenvalue weighted by Crippen LogP contribution is 2.29. The maximum absolute atomic E-state index is 8.88. The van der Waals surface area contributed by atoms with Gasteiger partial charge in [-0.2, -0.15) is 0 Å². The summed E-state index contributed by atoms with van der Waals surface area (Å²) >= 11 is 0. The van der Waals surface area contributed by atoms with Crippen molar-refractivity contribution in [1.29, 1.82) is 0 Å². The van der Waals surface area contributed by atoms with E-state index in [1.54, 1.807) is 6.20 Å². The topological polar surface area (TPSA) is 53.4 Å². The first-order chi connectivity index (χ1) is 7.75. The van der Waals surface area contributed by atoms with Crippen molar-refractivity contribution in [1.82, 2.24) is 4.98 Å². The summed E-state index contributed by atoms with van der Waals surface area (Å²) in [5.41, 5.74) is 2.80. The zero-order valence-electron chi connectivity index (χ0n) is 8.61. The molecule has 0 aliphatic carbocycles. The molecule has 1 heterocycles. The van der Waals surface area contributed by atoms with Crippen molar-refractivity contribution in [3.63, 3.8) is 0 Å². The van der Waals surface area contributed by atoms with E-state index in [-0.39, 0.29) is 6.16 Å². The summed E-state index contributed by atoms with van der Waals surface area (Å²) in [6, 6.07) is 13.6. The second-order valence-electron chi connectivity index (χ2n) is 3.45. The van der Waals surface area contributed by atoms with Crippen LogP contribution >= 0.6 is 8.38 Å². The molecule has 0 aliphatic heterocycles. The molecule has 4 heteroatoms. The monoisotopic (exact) mass is 233 g/mol. The Morgan fingerprint density at radius 2 is 1.75 bits per heavy atom.